The molecule has 1 aliphatic heterocycles. The molecule has 0 spiro atoms. The lowest BCUT2D eigenvalue weighted by atomic mass is 10.1. The van der Waals surface area contributed by atoms with E-state index in [9.17, 15) is 0 Å². The quantitative estimate of drug-likeness (QED) is 0.814. The van der Waals surface area contributed by atoms with Crippen molar-refractivity contribution in [3.63, 3.8) is 0 Å². The standard InChI is InChI=1S/C15H21N5/c1-11-9-12-13(10-17-11)14(16)3-4-15(12)18-20-7-5-19(2)6-8-20/h3-4,9-10,18H,5-8,16H2,1-2H3. The first-order valence-corrected chi connectivity index (χ1v) is 6.98. The molecule has 0 amide bonds. The third kappa shape index (κ3) is 2.55. The Morgan fingerprint density at radius 1 is 1.15 bits per heavy atom. The van der Waals surface area contributed by atoms with Crippen molar-refractivity contribution < 1.29 is 0 Å². The molecule has 20 heavy (non-hydrogen) atoms. The number of nitrogens with two attached hydrogens (primary N) is 1. The fraction of sp³-hybridized carbons (Fsp3) is 0.400. The number of anilines is 2. The molecule has 1 aromatic heterocycles. The van der Waals surface area contributed by atoms with E-state index in [1.54, 1.807) is 0 Å². The van der Waals surface area contributed by atoms with E-state index >= 15 is 0 Å². The topological polar surface area (TPSA) is 57.4 Å². The van der Waals surface area contributed by atoms with Gasteiger partial charge in [0.05, 0.1) is 5.69 Å². The third-order valence-corrected chi connectivity index (χ3v) is 3.85. The number of rotatable bonds is 2. The van der Waals surface area contributed by atoms with E-state index in [1.165, 1.54) is 0 Å². The van der Waals surface area contributed by atoms with Crippen molar-refractivity contribution in [1.29, 1.82) is 0 Å². The number of pyridine rings is 1. The molecule has 1 aliphatic rings. The van der Waals surface area contributed by atoms with Crippen LogP contribution in [0.5, 0.6) is 0 Å². The Balaban J connectivity index is 1.91. The van der Waals surface area contributed by atoms with Gasteiger partial charge in [0.2, 0.25) is 0 Å². The van der Waals surface area contributed by atoms with Crippen molar-refractivity contribution in [1.82, 2.24) is 14.9 Å². The van der Waals surface area contributed by atoms with Crippen LogP contribution in [0.25, 0.3) is 10.8 Å². The normalized spacial score (nSPS) is 17.5. The second kappa shape index (κ2) is 5.26. The van der Waals surface area contributed by atoms with Gasteiger partial charge in [-0.25, -0.2) is 5.01 Å². The fourth-order valence-electron chi connectivity index (χ4n) is 2.55. The van der Waals surface area contributed by atoms with Gasteiger partial charge in [0.25, 0.3) is 0 Å². The van der Waals surface area contributed by atoms with Gasteiger partial charge in [-0.15, -0.1) is 0 Å². The van der Waals surface area contributed by atoms with Crippen molar-refractivity contribution >= 4 is 22.1 Å². The summed E-state index contributed by atoms with van der Waals surface area (Å²) < 4.78 is 0. The maximum Gasteiger partial charge on any atom is 0.0571 e. The van der Waals surface area contributed by atoms with Crippen LogP contribution >= 0.6 is 0 Å². The molecule has 3 N–H and O–H groups in total. The van der Waals surface area contributed by atoms with Gasteiger partial charge in [0, 0.05) is 54.5 Å². The van der Waals surface area contributed by atoms with E-state index < -0.39 is 0 Å². The molecule has 1 fully saturated rings. The van der Waals surface area contributed by atoms with Gasteiger partial charge >= 0.3 is 0 Å². The molecule has 0 unspecified atom stereocenters. The summed E-state index contributed by atoms with van der Waals surface area (Å²) >= 11 is 0. The van der Waals surface area contributed by atoms with Crippen molar-refractivity contribution in [2.45, 2.75) is 6.92 Å². The lowest BCUT2D eigenvalue weighted by molar-refractivity contribution is 0.179. The highest BCUT2D eigenvalue weighted by Crippen LogP contribution is 2.28. The minimum absolute atomic E-state index is 0.774. The lowest BCUT2D eigenvalue weighted by Gasteiger charge is -2.33. The van der Waals surface area contributed by atoms with Gasteiger partial charge in [-0.3, -0.25) is 4.98 Å². The molecule has 5 heteroatoms. The van der Waals surface area contributed by atoms with Gasteiger partial charge in [-0.2, -0.15) is 0 Å². The van der Waals surface area contributed by atoms with Crippen LogP contribution in [0.15, 0.2) is 24.4 Å². The minimum Gasteiger partial charge on any atom is -0.398 e. The van der Waals surface area contributed by atoms with Gasteiger partial charge in [-0.1, -0.05) is 0 Å². The SMILES string of the molecule is Cc1cc2c(NN3CCN(C)CC3)ccc(N)c2cn1. The summed E-state index contributed by atoms with van der Waals surface area (Å²) in [6, 6.07) is 6.08. The summed E-state index contributed by atoms with van der Waals surface area (Å²) in [6.07, 6.45) is 1.86. The number of hydrogen-bond donors (Lipinski definition) is 2. The zero-order valence-electron chi connectivity index (χ0n) is 12.1. The molecular formula is C15H21N5. The zero-order chi connectivity index (χ0) is 14.1. The molecule has 106 valence electrons. The molecule has 3 rings (SSSR count). The highest BCUT2D eigenvalue weighted by atomic mass is 15.5. The molecular weight excluding hydrogens is 250 g/mol. The van der Waals surface area contributed by atoms with E-state index in [0.717, 1.165) is 54.0 Å². The fourth-order valence-corrected chi connectivity index (χ4v) is 2.55. The molecule has 1 aromatic carbocycles. The Morgan fingerprint density at radius 3 is 2.65 bits per heavy atom. The summed E-state index contributed by atoms with van der Waals surface area (Å²) in [7, 11) is 2.16. The van der Waals surface area contributed by atoms with Crippen LogP contribution in [-0.4, -0.2) is 48.1 Å². The van der Waals surface area contributed by atoms with E-state index in [2.05, 4.69) is 39.5 Å². The Labute approximate surface area is 119 Å². The van der Waals surface area contributed by atoms with Crippen molar-refractivity contribution in [2.24, 2.45) is 0 Å². The summed E-state index contributed by atoms with van der Waals surface area (Å²) in [4.78, 5) is 6.68. The predicted molar refractivity (Wildman–Crippen MR) is 83.6 cm³/mol. The van der Waals surface area contributed by atoms with Gasteiger partial charge < -0.3 is 16.1 Å². The lowest BCUT2D eigenvalue weighted by Crippen LogP contribution is -2.46. The maximum atomic E-state index is 6.04. The smallest absolute Gasteiger partial charge is 0.0571 e. The average Bonchev–Trinajstić information content (AvgIpc) is 2.44. The Hall–Kier alpha value is -1.85. The summed E-state index contributed by atoms with van der Waals surface area (Å²) in [6.45, 7) is 6.21. The number of aromatic nitrogens is 1. The second-order valence-electron chi connectivity index (χ2n) is 5.48. The Kier molecular flexibility index (Phi) is 3.46. The van der Waals surface area contributed by atoms with Crippen LogP contribution in [0.1, 0.15) is 5.69 Å². The minimum atomic E-state index is 0.774. The number of hydrogen-bond acceptors (Lipinski definition) is 5. The number of likely N-dealkylation sites (N-methyl/N-ethyl adjacent to an activating group) is 1. The van der Waals surface area contributed by atoms with Crippen LogP contribution in [0.2, 0.25) is 0 Å². The summed E-state index contributed by atoms with van der Waals surface area (Å²) in [5, 5.41) is 4.41. The van der Waals surface area contributed by atoms with Crippen molar-refractivity contribution in [3.05, 3.63) is 30.1 Å². The molecule has 0 atom stereocenters. The van der Waals surface area contributed by atoms with Crippen LogP contribution < -0.4 is 11.2 Å². The number of piperazine rings is 1. The zero-order valence-corrected chi connectivity index (χ0v) is 12.1. The Morgan fingerprint density at radius 2 is 1.90 bits per heavy atom. The average molecular weight is 271 g/mol. The van der Waals surface area contributed by atoms with E-state index in [-0.39, 0.29) is 0 Å². The van der Waals surface area contributed by atoms with Crippen LogP contribution in [-0.2, 0) is 0 Å². The van der Waals surface area contributed by atoms with Gasteiger partial charge in [-0.05, 0) is 32.2 Å². The first kappa shape index (κ1) is 13.1. The second-order valence-corrected chi connectivity index (χ2v) is 5.48. The Bertz CT molecular complexity index is 617. The summed E-state index contributed by atoms with van der Waals surface area (Å²) in [5.41, 5.74) is 12.4. The first-order chi connectivity index (χ1) is 9.63. The molecule has 0 radical (unpaired) electrons. The highest BCUT2D eigenvalue weighted by molar-refractivity contribution is 6.00. The largest absolute Gasteiger partial charge is 0.398 e. The van der Waals surface area contributed by atoms with Crippen LogP contribution in [0, 0.1) is 6.92 Å². The molecule has 0 saturated carbocycles. The highest BCUT2D eigenvalue weighted by Gasteiger charge is 2.14. The number of benzene rings is 1. The number of nitrogens with one attached hydrogen (secondary N) is 1. The van der Waals surface area contributed by atoms with E-state index in [1.807, 2.05) is 19.2 Å². The third-order valence-electron chi connectivity index (χ3n) is 3.85. The summed E-state index contributed by atoms with van der Waals surface area (Å²) in [5.74, 6) is 0. The molecule has 2 heterocycles. The molecule has 0 aliphatic carbocycles. The molecule has 5 nitrogen and oxygen atoms in total. The number of hydrazine groups is 1. The van der Waals surface area contributed by atoms with E-state index in [4.69, 9.17) is 5.73 Å². The predicted octanol–water partition coefficient (Wildman–Crippen LogP) is 1.70. The molecule has 0 bridgehead atoms. The number of nitrogens with zero attached hydrogens (tertiary/aromatic N) is 3. The molecule has 2 aromatic rings. The van der Waals surface area contributed by atoms with Crippen molar-refractivity contribution in [2.75, 3.05) is 44.4 Å². The van der Waals surface area contributed by atoms with E-state index in [0.29, 0.717) is 0 Å². The van der Waals surface area contributed by atoms with Gasteiger partial charge in [0.15, 0.2) is 0 Å². The van der Waals surface area contributed by atoms with Crippen molar-refractivity contribution in [3.8, 4) is 0 Å². The monoisotopic (exact) mass is 271 g/mol. The van der Waals surface area contributed by atoms with Gasteiger partial charge in [0.1, 0.15) is 0 Å². The number of nitrogen functional groups attached to an aromatic ring is 1. The first-order valence-electron chi connectivity index (χ1n) is 6.98. The van der Waals surface area contributed by atoms with Crippen LogP contribution in [0.4, 0.5) is 11.4 Å². The van der Waals surface area contributed by atoms with Crippen LogP contribution in [0.3, 0.4) is 0 Å². The maximum absolute atomic E-state index is 6.04. The molecule has 1 saturated heterocycles. The number of aryl methyl sites for hydroxylation is 1. The number of fused-ring (bicyclic) bond motifs is 1.